The van der Waals surface area contributed by atoms with Crippen LogP contribution in [0.3, 0.4) is 0 Å². The predicted molar refractivity (Wildman–Crippen MR) is 129 cm³/mol. The van der Waals surface area contributed by atoms with Crippen LogP contribution in [0, 0.1) is 0 Å². The lowest BCUT2D eigenvalue weighted by atomic mass is 9.87. The molecule has 3 rings (SSSR count). The van der Waals surface area contributed by atoms with Crippen LogP contribution < -0.4 is 14.2 Å². The van der Waals surface area contributed by atoms with Gasteiger partial charge >= 0.3 is 5.97 Å². The largest absolute Gasteiger partial charge is 0.497 e. The van der Waals surface area contributed by atoms with Gasteiger partial charge in [-0.1, -0.05) is 51.1 Å². The highest BCUT2D eigenvalue weighted by Crippen LogP contribution is 2.26. The number of hydrogen-bond acceptors (Lipinski definition) is 5. The molecule has 0 unspecified atom stereocenters. The Hall–Kier alpha value is -3.86. The zero-order valence-corrected chi connectivity index (χ0v) is 19.5. The number of allylic oxidation sites excluding steroid dienone is 1. The van der Waals surface area contributed by atoms with Gasteiger partial charge in [0.05, 0.1) is 25.3 Å². The van der Waals surface area contributed by atoms with Crippen LogP contribution in [0.4, 0.5) is 0 Å². The second kappa shape index (κ2) is 10.2. The molecule has 0 saturated heterocycles. The number of carbonyl (C=O) groups is 2. The summed E-state index contributed by atoms with van der Waals surface area (Å²) < 4.78 is 15.9. The number of carbonyl (C=O) groups excluding carboxylic acids is 2. The van der Waals surface area contributed by atoms with E-state index in [1.165, 1.54) is 13.2 Å². The number of hydrogen-bond donors (Lipinski definition) is 0. The van der Waals surface area contributed by atoms with E-state index in [0.29, 0.717) is 28.4 Å². The summed E-state index contributed by atoms with van der Waals surface area (Å²) in [5.41, 5.74) is 2.90. The van der Waals surface area contributed by atoms with Crippen LogP contribution in [-0.4, -0.2) is 26.0 Å². The molecule has 5 heteroatoms. The topological polar surface area (TPSA) is 61.8 Å². The molecule has 0 spiro atoms. The first-order valence-corrected chi connectivity index (χ1v) is 10.6. The van der Waals surface area contributed by atoms with E-state index in [2.05, 4.69) is 20.8 Å². The zero-order valence-electron chi connectivity index (χ0n) is 19.5. The summed E-state index contributed by atoms with van der Waals surface area (Å²) in [5, 5.41) is 0. The van der Waals surface area contributed by atoms with Gasteiger partial charge in [0, 0.05) is 6.07 Å². The maximum atomic E-state index is 12.6. The number of rotatable bonds is 7. The van der Waals surface area contributed by atoms with E-state index in [1.807, 2.05) is 12.1 Å². The molecule has 0 N–H and O–H groups in total. The standard InChI is InChI=1S/C28H28O5/c1-28(2,3)21-11-9-20(10-12-21)27(30)33-22-13-6-19(7-14-22)8-17-25(29)24-16-15-23(31-4)18-26(24)32-5/h6-18H,1-5H3. The smallest absolute Gasteiger partial charge is 0.343 e. The second-order valence-electron chi connectivity index (χ2n) is 8.55. The maximum absolute atomic E-state index is 12.6. The van der Waals surface area contributed by atoms with Gasteiger partial charge in [0.25, 0.3) is 0 Å². The summed E-state index contributed by atoms with van der Waals surface area (Å²) in [6.45, 7) is 6.37. The molecule has 3 aromatic carbocycles. The summed E-state index contributed by atoms with van der Waals surface area (Å²) in [4.78, 5) is 25.0. The Morgan fingerprint density at radius 1 is 0.788 bits per heavy atom. The van der Waals surface area contributed by atoms with E-state index in [1.54, 1.807) is 67.8 Å². The van der Waals surface area contributed by atoms with E-state index in [4.69, 9.17) is 14.2 Å². The van der Waals surface area contributed by atoms with Gasteiger partial charge in [-0.25, -0.2) is 4.79 Å². The van der Waals surface area contributed by atoms with Crippen LogP contribution in [0.2, 0.25) is 0 Å². The molecule has 0 aliphatic heterocycles. The minimum absolute atomic E-state index is 0.0195. The van der Waals surface area contributed by atoms with Gasteiger partial charge in [-0.15, -0.1) is 0 Å². The minimum Gasteiger partial charge on any atom is -0.497 e. The summed E-state index contributed by atoms with van der Waals surface area (Å²) in [5.74, 6) is 0.883. The molecule has 0 heterocycles. The van der Waals surface area contributed by atoms with Crippen molar-refractivity contribution in [3.63, 3.8) is 0 Å². The van der Waals surface area contributed by atoms with E-state index < -0.39 is 5.97 Å². The Morgan fingerprint density at radius 3 is 2.00 bits per heavy atom. The van der Waals surface area contributed by atoms with Crippen molar-refractivity contribution in [2.24, 2.45) is 0 Å². The van der Waals surface area contributed by atoms with Gasteiger partial charge < -0.3 is 14.2 Å². The summed E-state index contributed by atoms with van der Waals surface area (Å²) in [6, 6.07) is 19.4. The van der Waals surface area contributed by atoms with Crippen molar-refractivity contribution in [2.75, 3.05) is 14.2 Å². The van der Waals surface area contributed by atoms with Crippen molar-refractivity contribution >= 4 is 17.8 Å². The van der Waals surface area contributed by atoms with Gasteiger partial charge in [-0.05, 0) is 59.0 Å². The van der Waals surface area contributed by atoms with E-state index in [0.717, 1.165) is 11.1 Å². The number of benzene rings is 3. The Bertz CT molecular complexity index is 1150. The molecular weight excluding hydrogens is 416 g/mol. The number of methoxy groups -OCH3 is 2. The molecule has 5 nitrogen and oxygen atoms in total. The van der Waals surface area contributed by atoms with Crippen molar-refractivity contribution < 1.29 is 23.8 Å². The molecule has 0 saturated carbocycles. The summed E-state index contributed by atoms with van der Waals surface area (Å²) in [6.07, 6.45) is 3.17. The third kappa shape index (κ3) is 6.10. The molecule has 0 amide bonds. The average molecular weight is 445 g/mol. The first-order valence-electron chi connectivity index (χ1n) is 10.6. The van der Waals surface area contributed by atoms with Crippen molar-refractivity contribution in [2.45, 2.75) is 26.2 Å². The van der Waals surface area contributed by atoms with Crippen molar-refractivity contribution in [3.8, 4) is 17.2 Å². The molecule has 0 radical (unpaired) electrons. The molecule has 0 aliphatic rings. The Morgan fingerprint density at radius 2 is 1.42 bits per heavy atom. The lowest BCUT2D eigenvalue weighted by Crippen LogP contribution is -2.12. The number of esters is 1. The van der Waals surface area contributed by atoms with Gasteiger partial charge in [-0.2, -0.15) is 0 Å². The summed E-state index contributed by atoms with van der Waals surface area (Å²) >= 11 is 0. The molecular formula is C28H28O5. The average Bonchev–Trinajstić information content (AvgIpc) is 2.82. The molecule has 0 atom stereocenters. The second-order valence-corrected chi connectivity index (χ2v) is 8.55. The molecule has 170 valence electrons. The highest BCUT2D eigenvalue weighted by molar-refractivity contribution is 6.08. The highest BCUT2D eigenvalue weighted by Gasteiger charge is 2.15. The Kier molecular flexibility index (Phi) is 7.34. The van der Waals surface area contributed by atoms with Crippen LogP contribution in [0.5, 0.6) is 17.2 Å². The lowest BCUT2D eigenvalue weighted by Gasteiger charge is -2.18. The van der Waals surface area contributed by atoms with Gasteiger partial charge in [-0.3, -0.25) is 4.79 Å². The normalized spacial score (nSPS) is 11.3. The van der Waals surface area contributed by atoms with E-state index >= 15 is 0 Å². The third-order valence-corrected chi connectivity index (χ3v) is 5.18. The van der Waals surface area contributed by atoms with Crippen molar-refractivity contribution in [1.29, 1.82) is 0 Å². The monoisotopic (exact) mass is 444 g/mol. The van der Waals surface area contributed by atoms with Crippen molar-refractivity contribution in [3.05, 3.63) is 95.1 Å². The van der Waals surface area contributed by atoms with Gasteiger partial charge in [0.1, 0.15) is 17.2 Å². The molecule has 33 heavy (non-hydrogen) atoms. The fraction of sp³-hybridized carbons (Fsp3) is 0.214. The predicted octanol–water partition coefficient (Wildman–Crippen LogP) is 6.12. The van der Waals surface area contributed by atoms with Gasteiger partial charge in [0.2, 0.25) is 0 Å². The lowest BCUT2D eigenvalue weighted by molar-refractivity contribution is 0.0734. The Balaban J connectivity index is 1.65. The SMILES string of the molecule is COc1ccc(C(=O)C=Cc2ccc(OC(=O)c3ccc(C(C)(C)C)cc3)cc2)c(OC)c1. The van der Waals surface area contributed by atoms with Crippen LogP contribution in [0.25, 0.3) is 6.08 Å². The Labute approximate surface area is 194 Å². The first kappa shape index (κ1) is 23.8. The maximum Gasteiger partial charge on any atom is 0.343 e. The van der Waals surface area contributed by atoms with Crippen LogP contribution in [0.15, 0.2) is 72.8 Å². The minimum atomic E-state index is -0.416. The number of ketones is 1. The highest BCUT2D eigenvalue weighted by atomic mass is 16.5. The van der Waals surface area contributed by atoms with Gasteiger partial charge in [0.15, 0.2) is 5.78 Å². The third-order valence-electron chi connectivity index (χ3n) is 5.18. The number of ether oxygens (including phenoxy) is 3. The van der Waals surface area contributed by atoms with Crippen LogP contribution in [0.1, 0.15) is 52.6 Å². The van der Waals surface area contributed by atoms with Crippen molar-refractivity contribution in [1.82, 2.24) is 0 Å². The van der Waals surface area contributed by atoms with Crippen LogP contribution >= 0.6 is 0 Å². The molecule has 0 aliphatic carbocycles. The molecule has 0 aromatic heterocycles. The van der Waals surface area contributed by atoms with Crippen LogP contribution in [-0.2, 0) is 5.41 Å². The molecule has 0 bridgehead atoms. The zero-order chi connectivity index (χ0) is 24.0. The summed E-state index contributed by atoms with van der Waals surface area (Å²) in [7, 11) is 3.06. The van der Waals surface area contributed by atoms with E-state index in [9.17, 15) is 9.59 Å². The fourth-order valence-corrected chi connectivity index (χ4v) is 3.18. The quantitative estimate of drug-likeness (QED) is 0.190. The fourth-order valence-electron chi connectivity index (χ4n) is 3.18. The van der Waals surface area contributed by atoms with E-state index in [-0.39, 0.29) is 11.2 Å². The molecule has 3 aromatic rings. The first-order chi connectivity index (χ1) is 15.7. The molecule has 0 fully saturated rings.